The molecule has 12 heteroatoms. The van der Waals surface area contributed by atoms with Gasteiger partial charge in [0.15, 0.2) is 11.5 Å². The Hall–Kier alpha value is -3.32. The second kappa shape index (κ2) is 10.8. The number of likely N-dealkylation sites (tertiary alicyclic amines) is 1. The third-order valence-electron chi connectivity index (χ3n) is 6.58. The largest absolute Gasteiger partial charge is 0.483 e. The topological polar surface area (TPSA) is 100 Å². The molecule has 2 atom stereocenters. The second-order valence-electron chi connectivity index (χ2n) is 9.38. The van der Waals surface area contributed by atoms with Crippen LogP contribution in [0, 0.1) is 0 Å². The Labute approximate surface area is 217 Å². The number of hydrogen-bond donors (Lipinski definition) is 1. The third kappa shape index (κ3) is 5.30. The smallest absolute Gasteiger partial charge is 0.408 e. The summed E-state index contributed by atoms with van der Waals surface area (Å²) in [7, 11) is 3.16. The number of hydrogen-bond acceptors (Lipinski definition) is 8. The van der Waals surface area contributed by atoms with Crippen LogP contribution in [0.2, 0.25) is 0 Å². The highest BCUT2D eigenvalue weighted by molar-refractivity contribution is 5.86. The molecule has 0 radical (unpaired) electrons. The average Bonchev–Trinajstić information content (AvgIpc) is 3.49. The van der Waals surface area contributed by atoms with Gasteiger partial charge in [0.1, 0.15) is 29.1 Å². The van der Waals surface area contributed by atoms with Crippen LogP contribution in [-0.4, -0.2) is 83.3 Å². The Morgan fingerprint density at radius 3 is 2.53 bits per heavy atom. The van der Waals surface area contributed by atoms with Crippen LogP contribution in [0.25, 0.3) is 28.1 Å². The van der Waals surface area contributed by atoms with E-state index in [0.717, 1.165) is 5.39 Å². The maximum Gasteiger partial charge on any atom is 0.408 e. The van der Waals surface area contributed by atoms with Crippen molar-refractivity contribution in [3.8, 4) is 17.3 Å². The summed E-state index contributed by atoms with van der Waals surface area (Å²) in [6, 6.07) is 10.1. The average molecular weight is 531 g/mol. The van der Waals surface area contributed by atoms with Gasteiger partial charge in [-0.2, -0.15) is 13.2 Å². The molecule has 0 spiro atoms. The summed E-state index contributed by atoms with van der Waals surface area (Å²) >= 11 is 0. The van der Waals surface area contributed by atoms with Crippen molar-refractivity contribution >= 4 is 16.6 Å². The van der Waals surface area contributed by atoms with Crippen LogP contribution in [0.5, 0.6) is 5.75 Å². The molecule has 1 saturated heterocycles. The van der Waals surface area contributed by atoms with Crippen LogP contribution >= 0.6 is 0 Å². The maximum atomic E-state index is 14.2. The Morgan fingerprint density at radius 2 is 1.84 bits per heavy atom. The summed E-state index contributed by atoms with van der Waals surface area (Å²) in [5, 5.41) is 9.24. The zero-order chi connectivity index (χ0) is 26.9. The number of ether oxygens (including phenoxy) is 3. The van der Waals surface area contributed by atoms with E-state index in [9.17, 15) is 13.2 Å². The van der Waals surface area contributed by atoms with Crippen molar-refractivity contribution in [1.82, 2.24) is 24.5 Å². The molecular weight excluding hydrogens is 501 g/mol. The van der Waals surface area contributed by atoms with E-state index in [1.165, 1.54) is 23.2 Å². The van der Waals surface area contributed by atoms with E-state index in [0.29, 0.717) is 48.1 Å². The molecule has 4 aromatic rings. The van der Waals surface area contributed by atoms with E-state index in [1.807, 2.05) is 18.2 Å². The Kier molecular flexibility index (Phi) is 7.48. The van der Waals surface area contributed by atoms with Gasteiger partial charge in [-0.25, -0.2) is 4.98 Å². The number of pyridine rings is 2. The van der Waals surface area contributed by atoms with Crippen molar-refractivity contribution < 1.29 is 27.4 Å². The van der Waals surface area contributed by atoms with E-state index in [1.54, 1.807) is 30.8 Å². The monoisotopic (exact) mass is 530 g/mol. The highest BCUT2D eigenvalue weighted by atomic mass is 19.4. The minimum atomic E-state index is -4.47. The number of halogens is 3. The molecule has 1 fully saturated rings. The van der Waals surface area contributed by atoms with Gasteiger partial charge < -0.3 is 19.9 Å². The molecule has 0 saturated carbocycles. The van der Waals surface area contributed by atoms with Crippen LogP contribution in [-0.2, 0) is 9.47 Å². The van der Waals surface area contributed by atoms with Gasteiger partial charge in [0.05, 0.1) is 13.2 Å². The lowest BCUT2D eigenvalue weighted by Crippen LogP contribution is -2.38. The zero-order valence-corrected chi connectivity index (χ0v) is 21.1. The molecule has 4 heterocycles. The van der Waals surface area contributed by atoms with Crippen LogP contribution in [0.4, 0.5) is 13.2 Å². The molecule has 2 unspecified atom stereocenters. The highest BCUT2D eigenvalue weighted by Crippen LogP contribution is 2.39. The number of nitrogens with zero attached hydrogens (tertiary/aromatic N) is 5. The van der Waals surface area contributed by atoms with Gasteiger partial charge in [0.25, 0.3) is 0 Å². The predicted octanol–water partition coefficient (Wildman–Crippen LogP) is 3.62. The number of nitrogens with two attached hydrogens (primary N) is 1. The molecule has 1 aromatic carbocycles. The van der Waals surface area contributed by atoms with Gasteiger partial charge in [0.2, 0.25) is 0 Å². The molecule has 9 nitrogen and oxygen atoms in total. The SMILES string of the molecule is COCC(COC)Oc1cccc2ccc(-c3nnc4ccc(C(N5CCC(N)C5)C(F)(F)F)cn34)nc12. The Morgan fingerprint density at radius 1 is 1.05 bits per heavy atom. The first kappa shape index (κ1) is 26.3. The second-order valence-corrected chi connectivity index (χ2v) is 9.38. The fraction of sp³-hybridized carbons (Fsp3) is 0.423. The summed E-state index contributed by atoms with van der Waals surface area (Å²) in [6.45, 7) is 1.10. The standard InChI is InChI=1S/C26H29F3N6O3/c1-36-14-19(15-37-2)38-21-5-3-4-16-6-8-20(31-23(16)21)25-33-32-22-9-7-17(12-35(22)25)24(26(27,28)29)34-11-10-18(30)13-34/h3-9,12,18-19,24H,10-11,13-15,30H2,1-2H3. The number of methoxy groups -OCH3 is 2. The van der Waals surface area contributed by atoms with Crippen molar-refractivity contribution in [3.63, 3.8) is 0 Å². The van der Waals surface area contributed by atoms with Gasteiger partial charge in [0, 0.05) is 44.9 Å². The molecule has 0 aliphatic carbocycles. The van der Waals surface area contributed by atoms with Gasteiger partial charge >= 0.3 is 6.18 Å². The number of benzene rings is 1. The molecule has 5 rings (SSSR count). The first-order valence-corrected chi connectivity index (χ1v) is 12.2. The molecule has 38 heavy (non-hydrogen) atoms. The quantitative estimate of drug-likeness (QED) is 0.350. The van der Waals surface area contributed by atoms with Crippen LogP contribution in [0.3, 0.4) is 0 Å². The van der Waals surface area contributed by atoms with Crippen molar-refractivity contribution in [1.29, 1.82) is 0 Å². The van der Waals surface area contributed by atoms with E-state index in [2.05, 4.69) is 10.2 Å². The highest BCUT2D eigenvalue weighted by Gasteiger charge is 2.46. The summed E-state index contributed by atoms with van der Waals surface area (Å²) < 4.78 is 60.7. The molecule has 1 aliphatic rings. The third-order valence-corrected chi connectivity index (χ3v) is 6.58. The van der Waals surface area contributed by atoms with E-state index >= 15 is 0 Å². The van der Waals surface area contributed by atoms with Crippen molar-refractivity contribution in [2.45, 2.75) is 30.8 Å². The Balaban J connectivity index is 1.55. The molecule has 0 amide bonds. The number of alkyl halides is 3. The normalized spacial score (nSPS) is 17.6. The maximum absolute atomic E-state index is 14.2. The van der Waals surface area contributed by atoms with Crippen LogP contribution in [0.1, 0.15) is 18.0 Å². The predicted molar refractivity (Wildman–Crippen MR) is 135 cm³/mol. The Bertz CT molecular complexity index is 1410. The van der Waals surface area contributed by atoms with Gasteiger partial charge in [-0.1, -0.05) is 24.3 Å². The molecular formula is C26H29F3N6O3. The summed E-state index contributed by atoms with van der Waals surface area (Å²) in [5.74, 6) is 0.850. The number of aromatic nitrogens is 4. The minimum absolute atomic E-state index is 0.0898. The number of fused-ring (bicyclic) bond motifs is 2. The van der Waals surface area contributed by atoms with Crippen molar-refractivity contribution in [2.75, 3.05) is 40.5 Å². The van der Waals surface area contributed by atoms with Crippen molar-refractivity contribution in [2.24, 2.45) is 5.73 Å². The fourth-order valence-electron chi connectivity index (χ4n) is 4.91. The van der Waals surface area contributed by atoms with Crippen molar-refractivity contribution in [3.05, 3.63) is 54.2 Å². The lowest BCUT2D eigenvalue weighted by atomic mass is 10.1. The molecule has 0 bridgehead atoms. The van der Waals surface area contributed by atoms with Gasteiger partial charge in [-0.15, -0.1) is 10.2 Å². The minimum Gasteiger partial charge on any atom is -0.483 e. The van der Waals surface area contributed by atoms with E-state index in [-0.39, 0.29) is 30.8 Å². The molecule has 2 N–H and O–H groups in total. The molecule has 3 aromatic heterocycles. The lowest BCUT2D eigenvalue weighted by molar-refractivity contribution is -0.183. The summed E-state index contributed by atoms with van der Waals surface area (Å²) in [6.07, 6.45) is -2.86. The fourth-order valence-corrected chi connectivity index (χ4v) is 4.91. The lowest BCUT2D eigenvalue weighted by Gasteiger charge is -2.30. The van der Waals surface area contributed by atoms with E-state index in [4.69, 9.17) is 24.9 Å². The summed E-state index contributed by atoms with van der Waals surface area (Å²) in [5.41, 5.74) is 7.44. The number of rotatable bonds is 9. The van der Waals surface area contributed by atoms with Crippen LogP contribution < -0.4 is 10.5 Å². The first-order chi connectivity index (χ1) is 18.3. The van der Waals surface area contributed by atoms with E-state index < -0.39 is 12.2 Å². The number of para-hydroxylation sites is 1. The van der Waals surface area contributed by atoms with Gasteiger partial charge in [-0.3, -0.25) is 9.30 Å². The molecule has 202 valence electrons. The zero-order valence-electron chi connectivity index (χ0n) is 21.1. The first-order valence-electron chi connectivity index (χ1n) is 12.2. The molecule has 1 aliphatic heterocycles. The summed E-state index contributed by atoms with van der Waals surface area (Å²) in [4.78, 5) is 6.15. The van der Waals surface area contributed by atoms with Crippen LogP contribution in [0.15, 0.2) is 48.7 Å². The van der Waals surface area contributed by atoms with Gasteiger partial charge in [-0.05, 0) is 30.2 Å².